The molecule has 0 spiro atoms. The fourth-order valence-corrected chi connectivity index (χ4v) is 4.66. The summed E-state index contributed by atoms with van der Waals surface area (Å²) in [6.45, 7) is -4.33. The van der Waals surface area contributed by atoms with Crippen molar-refractivity contribution in [3.05, 3.63) is 82.6 Å². The molecule has 1 aromatic carbocycles. The number of aromatic nitrogens is 2. The highest BCUT2D eigenvalue weighted by atomic mass is 32.2. The Labute approximate surface area is 208 Å². The fourth-order valence-electron chi connectivity index (χ4n) is 3.32. The minimum Gasteiger partial charge on any atom is -0.417 e. The van der Waals surface area contributed by atoms with Crippen LogP contribution in [-0.4, -0.2) is 43.0 Å². The van der Waals surface area contributed by atoms with Crippen LogP contribution in [0.5, 0.6) is 5.88 Å². The molecular formula is C24H17F4N3O5S. The van der Waals surface area contributed by atoms with Crippen molar-refractivity contribution in [2.75, 3.05) is 6.61 Å². The molecule has 192 valence electrons. The summed E-state index contributed by atoms with van der Waals surface area (Å²) in [6.07, 6.45) is 1.42. The first-order valence-corrected chi connectivity index (χ1v) is 12.1. The van der Waals surface area contributed by atoms with Crippen LogP contribution in [0.2, 0.25) is 0 Å². The Bertz CT molecular complexity index is 1510. The fraction of sp³-hybridized carbons (Fsp3) is 0.208. The zero-order chi connectivity index (χ0) is 26.6. The van der Waals surface area contributed by atoms with E-state index in [2.05, 4.69) is 31.9 Å². The van der Waals surface area contributed by atoms with Gasteiger partial charge in [-0.2, -0.15) is 8.78 Å². The largest absolute Gasteiger partial charge is 0.417 e. The maximum atomic E-state index is 14.5. The van der Waals surface area contributed by atoms with Crippen LogP contribution in [0.15, 0.2) is 53.6 Å². The molecule has 3 aromatic rings. The second-order valence-corrected chi connectivity index (χ2v) is 9.65. The third-order valence-electron chi connectivity index (χ3n) is 5.07. The third-order valence-corrected chi connectivity index (χ3v) is 6.86. The second kappa shape index (κ2) is 10.9. The summed E-state index contributed by atoms with van der Waals surface area (Å²) in [4.78, 5) is 19.9. The van der Waals surface area contributed by atoms with E-state index in [1.165, 1.54) is 24.4 Å². The summed E-state index contributed by atoms with van der Waals surface area (Å²) >= 11 is 0. The van der Waals surface area contributed by atoms with Gasteiger partial charge in [0.05, 0.1) is 30.3 Å². The van der Waals surface area contributed by atoms with E-state index in [1.54, 1.807) is 12.1 Å². The van der Waals surface area contributed by atoms with Crippen molar-refractivity contribution in [1.29, 1.82) is 0 Å². The van der Waals surface area contributed by atoms with Crippen LogP contribution < -0.4 is 10.1 Å². The molecule has 8 nitrogen and oxygen atoms in total. The highest BCUT2D eigenvalue weighted by Gasteiger charge is 2.35. The number of pyridine rings is 2. The molecule has 13 heteroatoms. The Balaban J connectivity index is 1.48. The van der Waals surface area contributed by atoms with Gasteiger partial charge in [-0.15, -0.1) is 0 Å². The molecule has 2 aromatic heterocycles. The number of ether oxygens (including phenoxy) is 2. The lowest BCUT2D eigenvalue weighted by Crippen LogP contribution is -2.25. The van der Waals surface area contributed by atoms with Crippen molar-refractivity contribution in [3.8, 4) is 17.7 Å². The number of carbonyl (C=O) groups excluding carboxylic acids is 1. The van der Waals surface area contributed by atoms with Gasteiger partial charge in [-0.05, 0) is 36.3 Å². The monoisotopic (exact) mass is 535 g/mol. The predicted octanol–water partition coefficient (Wildman–Crippen LogP) is 3.15. The molecular weight excluding hydrogens is 518 g/mol. The standard InChI is InChI=1S/C24H17F4N3O5S/c25-19-9-15(10-20-18(19)12-35-13-21(26)37(20,33)34)23(32)30-11-17-8-14(6-7-29-17)4-5-16-2-1-3-22(31-16)36-24(27)28/h1-3,6-10,21,24H,11-13H2,(H,30,32). The molecule has 3 heterocycles. The van der Waals surface area contributed by atoms with Crippen molar-refractivity contribution < 1.29 is 40.2 Å². The van der Waals surface area contributed by atoms with Crippen LogP contribution in [-0.2, 0) is 27.7 Å². The summed E-state index contributed by atoms with van der Waals surface area (Å²) in [5, 5.41) is 2.49. The number of sulfone groups is 1. The zero-order valence-electron chi connectivity index (χ0n) is 18.8. The lowest BCUT2D eigenvalue weighted by molar-refractivity contribution is -0.0528. The number of hydrogen-bond donors (Lipinski definition) is 1. The highest BCUT2D eigenvalue weighted by molar-refractivity contribution is 7.92. The average Bonchev–Trinajstić information content (AvgIpc) is 2.97. The molecule has 1 atom stereocenters. The Morgan fingerprint density at radius 3 is 2.81 bits per heavy atom. The van der Waals surface area contributed by atoms with E-state index >= 15 is 0 Å². The summed E-state index contributed by atoms with van der Waals surface area (Å²) in [5.41, 5.74) is -2.02. The normalized spacial score (nSPS) is 16.2. The van der Waals surface area contributed by atoms with Crippen molar-refractivity contribution >= 4 is 15.7 Å². The minimum absolute atomic E-state index is 0.120. The van der Waals surface area contributed by atoms with Crippen molar-refractivity contribution in [1.82, 2.24) is 15.3 Å². The maximum Gasteiger partial charge on any atom is 0.388 e. The molecule has 0 fully saturated rings. The number of amides is 1. The molecule has 0 bridgehead atoms. The number of halogens is 4. The Morgan fingerprint density at radius 2 is 2.03 bits per heavy atom. The van der Waals surface area contributed by atoms with Gasteiger partial charge >= 0.3 is 6.61 Å². The molecule has 0 aliphatic carbocycles. The van der Waals surface area contributed by atoms with Crippen LogP contribution in [0.4, 0.5) is 17.6 Å². The quantitative estimate of drug-likeness (QED) is 0.395. The van der Waals surface area contributed by atoms with Gasteiger partial charge in [-0.25, -0.2) is 22.2 Å². The Kier molecular flexibility index (Phi) is 7.70. The number of rotatable bonds is 5. The maximum absolute atomic E-state index is 14.5. The van der Waals surface area contributed by atoms with Gasteiger partial charge in [0, 0.05) is 29.0 Å². The van der Waals surface area contributed by atoms with E-state index in [9.17, 15) is 30.8 Å². The number of nitrogens with zero attached hydrogens (tertiary/aromatic N) is 2. The minimum atomic E-state index is -4.54. The van der Waals surface area contributed by atoms with Crippen LogP contribution in [0.1, 0.15) is 32.9 Å². The van der Waals surface area contributed by atoms with Crippen LogP contribution in [0.3, 0.4) is 0 Å². The number of benzene rings is 1. The van der Waals surface area contributed by atoms with Gasteiger partial charge in [0.15, 0.2) is 0 Å². The van der Waals surface area contributed by atoms with Gasteiger partial charge in [0.1, 0.15) is 11.5 Å². The lowest BCUT2D eigenvalue weighted by Gasteiger charge is -2.11. The SMILES string of the molecule is O=C(NCc1cc(C#Cc2cccc(OC(F)F)n2)ccn1)c1cc(F)c2c(c1)S(=O)(=O)C(F)COC2. The number of hydrogen-bond acceptors (Lipinski definition) is 7. The summed E-state index contributed by atoms with van der Waals surface area (Å²) in [5.74, 6) is 3.40. The van der Waals surface area contributed by atoms with E-state index in [0.29, 0.717) is 11.3 Å². The van der Waals surface area contributed by atoms with Gasteiger partial charge in [-0.1, -0.05) is 12.0 Å². The first-order valence-electron chi connectivity index (χ1n) is 10.6. The molecule has 1 unspecified atom stereocenters. The lowest BCUT2D eigenvalue weighted by atomic mass is 10.1. The van der Waals surface area contributed by atoms with Crippen LogP contribution in [0, 0.1) is 17.7 Å². The van der Waals surface area contributed by atoms with Crippen molar-refractivity contribution in [2.24, 2.45) is 0 Å². The first kappa shape index (κ1) is 26.1. The average molecular weight is 535 g/mol. The predicted molar refractivity (Wildman–Crippen MR) is 120 cm³/mol. The summed E-state index contributed by atoms with van der Waals surface area (Å²) < 4.78 is 87.1. The number of nitrogens with one attached hydrogen (secondary N) is 1. The molecule has 1 N–H and O–H groups in total. The zero-order valence-corrected chi connectivity index (χ0v) is 19.6. The summed E-state index contributed by atoms with van der Waals surface area (Å²) in [6, 6.07) is 9.10. The molecule has 4 rings (SSSR count). The third kappa shape index (κ3) is 6.22. The molecule has 1 aliphatic rings. The van der Waals surface area contributed by atoms with Gasteiger partial charge in [-0.3, -0.25) is 9.78 Å². The van der Waals surface area contributed by atoms with E-state index in [4.69, 9.17) is 4.74 Å². The first-order chi connectivity index (χ1) is 17.6. The highest BCUT2D eigenvalue weighted by Crippen LogP contribution is 2.29. The van der Waals surface area contributed by atoms with Gasteiger partial charge in [0.2, 0.25) is 21.2 Å². The Morgan fingerprint density at radius 1 is 1.22 bits per heavy atom. The van der Waals surface area contributed by atoms with E-state index in [-0.39, 0.29) is 29.2 Å². The van der Waals surface area contributed by atoms with E-state index in [1.807, 2.05) is 0 Å². The molecule has 0 saturated carbocycles. The van der Waals surface area contributed by atoms with E-state index < -0.39 is 51.8 Å². The molecule has 37 heavy (non-hydrogen) atoms. The van der Waals surface area contributed by atoms with Crippen molar-refractivity contribution in [2.45, 2.75) is 30.2 Å². The molecule has 1 amide bonds. The number of fused-ring (bicyclic) bond motifs is 1. The Hall–Kier alpha value is -4.02. The van der Waals surface area contributed by atoms with Crippen molar-refractivity contribution in [3.63, 3.8) is 0 Å². The van der Waals surface area contributed by atoms with Crippen LogP contribution >= 0.6 is 0 Å². The number of carbonyl (C=O) groups is 1. The summed E-state index contributed by atoms with van der Waals surface area (Å²) in [7, 11) is -4.54. The second-order valence-electron chi connectivity index (χ2n) is 7.61. The topological polar surface area (TPSA) is 107 Å². The van der Waals surface area contributed by atoms with Crippen LogP contribution in [0.25, 0.3) is 0 Å². The number of alkyl halides is 3. The molecule has 1 aliphatic heterocycles. The van der Waals surface area contributed by atoms with Gasteiger partial charge < -0.3 is 14.8 Å². The smallest absolute Gasteiger partial charge is 0.388 e. The molecule has 0 saturated heterocycles. The van der Waals surface area contributed by atoms with E-state index in [0.717, 1.165) is 12.1 Å². The molecule has 0 radical (unpaired) electrons. The van der Waals surface area contributed by atoms with Gasteiger partial charge in [0.25, 0.3) is 5.91 Å².